The van der Waals surface area contributed by atoms with Crippen molar-refractivity contribution >= 4 is 11.8 Å². The lowest BCUT2D eigenvalue weighted by Crippen LogP contribution is -3.14. The zero-order chi connectivity index (χ0) is 15.2. The second-order valence-electron chi connectivity index (χ2n) is 5.81. The lowest BCUT2D eigenvalue weighted by atomic mass is 9.96. The van der Waals surface area contributed by atoms with Gasteiger partial charge in [-0.1, -0.05) is 24.3 Å². The molecule has 0 unspecified atom stereocenters. The second-order valence-corrected chi connectivity index (χ2v) is 5.81. The first-order valence-electron chi connectivity index (χ1n) is 7.50. The van der Waals surface area contributed by atoms with Crippen LogP contribution in [0.1, 0.15) is 24.0 Å². The predicted octanol–water partition coefficient (Wildman–Crippen LogP) is -0.609. The number of carbonyl (C=O) groups excluding carboxylic acids is 2. The summed E-state index contributed by atoms with van der Waals surface area (Å²) in [4.78, 5) is 24.3. The molecular formula is C16H24N3O2+. The average molecular weight is 290 g/mol. The summed E-state index contributed by atoms with van der Waals surface area (Å²) < 4.78 is 0. The molecule has 5 heteroatoms. The van der Waals surface area contributed by atoms with Gasteiger partial charge in [0.2, 0.25) is 5.91 Å². The Morgan fingerprint density at radius 3 is 2.57 bits per heavy atom. The highest BCUT2D eigenvalue weighted by atomic mass is 16.2. The molecule has 1 heterocycles. The maximum absolute atomic E-state index is 12.0. The summed E-state index contributed by atoms with van der Waals surface area (Å²) in [7, 11) is 0. The largest absolute Gasteiger partial charge is 0.369 e. The maximum atomic E-state index is 12.0. The highest BCUT2D eigenvalue weighted by Gasteiger charge is 2.26. The summed E-state index contributed by atoms with van der Waals surface area (Å²) in [6.07, 6.45) is 1.57. The third-order valence-electron chi connectivity index (χ3n) is 4.24. The van der Waals surface area contributed by atoms with Gasteiger partial charge in [-0.3, -0.25) is 9.59 Å². The maximum Gasteiger partial charge on any atom is 0.275 e. The number of primary amides is 1. The van der Waals surface area contributed by atoms with Crippen molar-refractivity contribution in [1.82, 2.24) is 5.32 Å². The third-order valence-corrected chi connectivity index (χ3v) is 4.24. The molecule has 1 aromatic carbocycles. The smallest absolute Gasteiger partial charge is 0.275 e. The summed E-state index contributed by atoms with van der Waals surface area (Å²) in [5.74, 6) is -0.160. The molecule has 21 heavy (non-hydrogen) atoms. The van der Waals surface area contributed by atoms with E-state index in [1.54, 1.807) is 0 Å². The lowest BCUT2D eigenvalue weighted by Gasteiger charge is -2.27. The summed E-state index contributed by atoms with van der Waals surface area (Å²) in [6.45, 7) is 4.76. The van der Waals surface area contributed by atoms with Gasteiger partial charge in [0.05, 0.1) is 13.1 Å². The predicted molar refractivity (Wildman–Crippen MR) is 80.5 cm³/mol. The summed E-state index contributed by atoms with van der Waals surface area (Å²) in [6, 6.07) is 8.05. The second kappa shape index (κ2) is 7.22. The molecule has 0 bridgehead atoms. The quantitative estimate of drug-likeness (QED) is 0.677. The number of nitrogens with one attached hydrogen (secondary N) is 2. The highest BCUT2D eigenvalue weighted by Crippen LogP contribution is 2.08. The molecule has 2 rings (SSSR count). The molecule has 1 saturated heterocycles. The van der Waals surface area contributed by atoms with E-state index in [0.717, 1.165) is 31.5 Å². The SMILES string of the molecule is Cc1ccccc1CNC(=O)C[NH+]1CCC(C(N)=O)CC1. The zero-order valence-electron chi connectivity index (χ0n) is 12.5. The molecule has 1 aromatic rings. The van der Waals surface area contributed by atoms with E-state index in [2.05, 4.69) is 5.32 Å². The summed E-state index contributed by atoms with van der Waals surface area (Å²) in [5, 5.41) is 2.97. The van der Waals surface area contributed by atoms with Crippen molar-refractivity contribution in [2.24, 2.45) is 11.7 Å². The number of nitrogens with two attached hydrogens (primary N) is 1. The number of hydrogen-bond donors (Lipinski definition) is 3. The molecule has 114 valence electrons. The Kier molecular flexibility index (Phi) is 5.33. The molecule has 0 radical (unpaired) electrons. The van der Waals surface area contributed by atoms with Gasteiger partial charge in [-0.2, -0.15) is 0 Å². The fourth-order valence-corrected chi connectivity index (χ4v) is 2.78. The number of carbonyl (C=O) groups is 2. The van der Waals surface area contributed by atoms with Gasteiger partial charge in [-0.25, -0.2) is 0 Å². The first-order chi connectivity index (χ1) is 10.1. The normalized spacial score (nSPS) is 21.8. The van der Waals surface area contributed by atoms with E-state index in [0.29, 0.717) is 13.1 Å². The number of rotatable bonds is 5. The molecule has 0 aromatic heterocycles. The number of benzene rings is 1. The third kappa shape index (κ3) is 4.56. The van der Waals surface area contributed by atoms with E-state index in [1.807, 2.05) is 31.2 Å². The van der Waals surface area contributed by atoms with Crippen molar-refractivity contribution in [3.05, 3.63) is 35.4 Å². The van der Waals surface area contributed by atoms with Gasteiger partial charge in [0, 0.05) is 25.3 Å². The molecule has 1 aliphatic rings. The van der Waals surface area contributed by atoms with E-state index in [1.165, 1.54) is 10.5 Å². The molecule has 0 atom stereocenters. The van der Waals surface area contributed by atoms with Crippen LogP contribution in [0.2, 0.25) is 0 Å². The minimum atomic E-state index is -0.210. The van der Waals surface area contributed by atoms with Crippen LogP contribution in [0.25, 0.3) is 0 Å². The first kappa shape index (κ1) is 15.5. The van der Waals surface area contributed by atoms with Crippen LogP contribution < -0.4 is 16.0 Å². The number of amides is 2. The molecule has 2 amide bonds. The molecule has 0 spiro atoms. The first-order valence-corrected chi connectivity index (χ1v) is 7.50. The van der Waals surface area contributed by atoms with Crippen molar-refractivity contribution in [3.8, 4) is 0 Å². The van der Waals surface area contributed by atoms with E-state index in [9.17, 15) is 9.59 Å². The Morgan fingerprint density at radius 2 is 1.95 bits per heavy atom. The Hall–Kier alpha value is -1.88. The van der Waals surface area contributed by atoms with Crippen LogP contribution in [0.15, 0.2) is 24.3 Å². The number of aryl methyl sites for hydroxylation is 1. The molecule has 1 aliphatic heterocycles. The molecule has 5 nitrogen and oxygen atoms in total. The standard InChI is InChI=1S/C16H23N3O2/c1-12-4-2-3-5-14(12)10-18-15(20)11-19-8-6-13(7-9-19)16(17)21/h2-5,13H,6-11H2,1H3,(H2,17,21)(H,18,20)/p+1. The van der Waals surface area contributed by atoms with Crippen molar-refractivity contribution in [2.45, 2.75) is 26.3 Å². The number of likely N-dealkylation sites (tertiary alicyclic amines) is 1. The van der Waals surface area contributed by atoms with Crippen LogP contribution in [-0.2, 0) is 16.1 Å². The number of quaternary nitrogens is 1. The van der Waals surface area contributed by atoms with Crippen LogP contribution in [0.5, 0.6) is 0 Å². The summed E-state index contributed by atoms with van der Waals surface area (Å²) in [5.41, 5.74) is 7.65. The minimum absolute atomic E-state index is 0.0104. The average Bonchev–Trinajstić information content (AvgIpc) is 2.47. The van der Waals surface area contributed by atoms with Gasteiger partial charge in [-0.05, 0) is 18.1 Å². The van der Waals surface area contributed by atoms with E-state index < -0.39 is 0 Å². The summed E-state index contributed by atoms with van der Waals surface area (Å²) >= 11 is 0. The number of hydrogen-bond acceptors (Lipinski definition) is 2. The lowest BCUT2D eigenvalue weighted by molar-refractivity contribution is -0.897. The van der Waals surface area contributed by atoms with Crippen LogP contribution in [0.4, 0.5) is 0 Å². The van der Waals surface area contributed by atoms with Gasteiger partial charge < -0.3 is 16.0 Å². The molecule has 0 saturated carbocycles. The monoisotopic (exact) mass is 290 g/mol. The molecule has 0 aliphatic carbocycles. The van der Waals surface area contributed by atoms with Crippen molar-refractivity contribution in [2.75, 3.05) is 19.6 Å². The van der Waals surface area contributed by atoms with Gasteiger partial charge >= 0.3 is 0 Å². The molecule has 4 N–H and O–H groups in total. The fraction of sp³-hybridized carbons (Fsp3) is 0.500. The highest BCUT2D eigenvalue weighted by molar-refractivity contribution is 5.77. The van der Waals surface area contributed by atoms with Gasteiger partial charge in [0.1, 0.15) is 0 Å². The van der Waals surface area contributed by atoms with Crippen molar-refractivity contribution < 1.29 is 14.5 Å². The van der Waals surface area contributed by atoms with Crippen LogP contribution in [0, 0.1) is 12.8 Å². The molecule has 1 fully saturated rings. The Balaban J connectivity index is 1.73. The van der Waals surface area contributed by atoms with Crippen LogP contribution in [0.3, 0.4) is 0 Å². The molecular weight excluding hydrogens is 266 g/mol. The van der Waals surface area contributed by atoms with Gasteiger partial charge in [-0.15, -0.1) is 0 Å². The minimum Gasteiger partial charge on any atom is -0.369 e. The van der Waals surface area contributed by atoms with Crippen LogP contribution in [-0.4, -0.2) is 31.4 Å². The Labute approximate surface area is 125 Å². The van der Waals surface area contributed by atoms with Crippen molar-refractivity contribution in [1.29, 1.82) is 0 Å². The Bertz CT molecular complexity index is 508. The van der Waals surface area contributed by atoms with Crippen LogP contribution >= 0.6 is 0 Å². The van der Waals surface area contributed by atoms with E-state index in [-0.39, 0.29) is 17.7 Å². The van der Waals surface area contributed by atoms with Gasteiger partial charge in [0.25, 0.3) is 5.91 Å². The van der Waals surface area contributed by atoms with Gasteiger partial charge in [0.15, 0.2) is 6.54 Å². The van der Waals surface area contributed by atoms with Crippen molar-refractivity contribution in [3.63, 3.8) is 0 Å². The Morgan fingerprint density at radius 1 is 1.29 bits per heavy atom. The van der Waals surface area contributed by atoms with E-state index in [4.69, 9.17) is 5.73 Å². The fourth-order valence-electron chi connectivity index (χ4n) is 2.78. The zero-order valence-corrected chi connectivity index (χ0v) is 12.5. The topological polar surface area (TPSA) is 76.6 Å². The van der Waals surface area contributed by atoms with E-state index >= 15 is 0 Å². The number of piperidine rings is 1.